The minimum atomic E-state index is -1.26. The molecule has 17 heavy (non-hydrogen) atoms. The Bertz CT molecular complexity index is 306. The molecule has 1 aliphatic heterocycles. The normalized spacial score (nSPS) is 25.9. The molecule has 1 atom stereocenters. The Balaban J connectivity index is 2.84. The summed E-state index contributed by atoms with van der Waals surface area (Å²) in [5.41, 5.74) is -1.26. The summed E-state index contributed by atoms with van der Waals surface area (Å²) < 4.78 is 0. The third-order valence-electron chi connectivity index (χ3n) is 3.18. The van der Waals surface area contributed by atoms with Gasteiger partial charge in [0.1, 0.15) is 6.61 Å². The van der Waals surface area contributed by atoms with E-state index in [2.05, 4.69) is 5.32 Å². The molecule has 0 saturated carbocycles. The number of rotatable bonds is 4. The number of carboxylic acids is 1. The first kappa shape index (κ1) is 13.9. The predicted octanol–water partition coefficient (Wildman–Crippen LogP) is -0.577. The second kappa shape index (κ2) is 5.46. The molecule has 1 unspecified atom stereocenters. The van der Waals surface area contributed by atoms with E-state index in [9.17, 15) is 14.7 Å². The highest BCUT2D eigenvalue weighted by molar-refractivity contribution is 5.87. The Hall–Kier alpha value is -1.14. The van der Waals surface area contributed by atoms with Crippen LogP contribution in [0.15, 0.2) is 0 Å². The monoisotopic (exact) mass is 244 g/mol. The minimum Gasteiger partial charge on any atom is -0.479 e. The van der Waals surface area contributed by atoms with Crippen molar-refractivity contribution in [3.05, 3.63) is 0 Å². The summed E-state index contributed by atoms with van der Waals surface area (Å²) in [6.45, 7) is 4.42. The number of carbonyl (C=O) groups is 2. The van der Waals surface area contributed by atoms with Crippen molar-refractivity contribution in [2.45, 2.75) is 38.3 Å². The van der Waals surface area contributed by atoms with Crippen molar-refractivity contribution >= 4 is 11.9 Å². The lowest BCUT2D eigenvalue weighted by Gasteiger charge is -2.42. The third-order valence-corrected chi connectivity index (χ3v) is 3.18. The molecule has 1 rings (SSSR count). The second-order valence-corrected chi connectivity index (χ2v) is 4.76. The predicted molar refractivity (Wildman–Crippen MR) is 61.5 cm³/mol. The number of carbonyl (C=O) groups excluding carboxylic acids is 1. The molecule has 0 aromatic carbocycles. The van der Waals surface area contributed by atoms with Crippen molar-refractivity contribution in [2.75, 3.05) is 19.7 Å². The van der Waals surface area contributed by atoms with Gasteiger partial charge in [-0.15, -0.1) is 0 Å². The van der Waals surface area contributed by atoms with Crippen LogP contribution in [-0.4, -0.2) is 58.3 Å². The maximum Gasteiger partial charge on any atom is 0.330 e. The van der Waals surface area contributed by atoms with Gasteiger partial charge in [-0.1, -0.05) is 0 Å². The maximum atomic E-state index is 11.4. The van der Waals surface area contributed by atoms with Gasteiger partial charge in [0.15, 0.2) is 5.54 Å². The zero-order chi connectivity index (χ0) is 13.1. The topological polar surface area (TPSA) is 89.9 Å². The Morgan fingerprint density at radius 3 is 2.59 bits per heavy atom. The highest BCUT2D eigenvalue weighted by atomic mass is 16.4. The van der Waals surface area contributed by atoms with E-state index in [0.717, 1.165) is 13.0 Å². The van der Waals surface area contributed by atoms with Crippen molar-refractivity contribution in [3.8, 4) is 0 Å². The molecular weight excluding hydrogens is 224 g/mol. The van der Waals surface area contributed by atoms with Gasteiger partial charge in [-0.05, 0) is 33.2 Å². The lowest BCUT2D eigenvalue weighted by atomic mass is 9.88. The van der Waals surface area contributed by atoms with E-state index >= 15 is 0 Å². The number of nitrogens with one attached hydrogen (secondary N) is 1. The van der Waals surface area contributed by atoms with Crippen molar-refractivity contribution in [3.63, 3.8) is 0 Å². The number of amides is 1. The van der Waals surface area contributed by atoms with E-state index in [0.29, 0.717) is 6.42 Å². The van der Waals surface area contributed by atoms with Crippen LogP contribution in [-0.2, 0) is 9.59 Å². The number of piperidine rings is 1. The van der Waals surface area contributed by atoms with Crippen LogP contribution in [0.2, 0.25) is 0 Å². The number of aliphatic hydroxyl groups excluding tert-OH is 1. The highest BCUT2D eigenvalue weighted by Gasteiger charge is 2.44. The smallest absolute Gasteiger partial charge is 0.330 e. The van der Waals surface area contributed by atoms with Crippen molar-refractivity contribution < 1.29 is 19.8 Å². The molecular formula is C11H20N2O4. The molecule has 6 nitrogen and oxygen atoms in total. The number of aliphatic hydroxyl groups is 1. The molecule has 1 heterocycles. The first-order valence-electron chi connectivity index (χ1n) is 5.80. The first-order chi connectivity index (χ1) is 7.91. The molecule has 0 aliphatic carbocycles. The van der Waals surface area contributed by atoms with Gasteiger partial charge in [0.25, 0.3) is 0 Å². The standard InChI is InChI=1S/C11H20N2O4/c1-8(2)13-5-3-4-11(7-13,10(16)17)12-9(15)6-14/h8,14H,3-7H2,1-2H3,(H,12,15)(H,16,17). The number of aliphatic carboxylic acids is 1. The zero-order valence-electron chi connectivity index (χ0n) is 10.3. The van der Waals surface area contributed by atoms with E-state index < -0.39 is 24.0 Å². The fourth-order valence-corrected chi connectivity index (χ4v) is 2.17. The minimum absolute atomic E-state index is 0.236. The summed E-state index contributed by atoms with van der Waals surface area (Å²) in [4.78, 5) is 24.6. The van der Waals surface area contributed by atoms with Crippen LogP contribution >= 0.6 is 0 Å². The van der Waals surface area contributed by atoms with Crippen molar-refractivity contribution in [1.29, 1.82) is 0 Å². The summed E-state index contributed by atoms with van der Waals surface area (Å²) in [6.07, 6.45) is 1.12. The number of nitrogens with zero attached hydrogens (tertiary/aromatic N) is 1. The van der Waals surface area contributed by atoms with Gasteiger partial charge < -0.3 is 15.5 Å². The second-order valence-electron chi connectivity index (χ2n) is 4.76. The van der Waals surface area contributed by atoms with Crippen LogP contribution in [0.5, 0.6) is 0 Å². The third kappa shape index (κ3) is 3.17. The number of carboxylic acid groups (broad SMARTS) is 1. The van der Waals surface area contributed by atoms with Gasteiger partial charge in [0.2, 0.25) is 5.91 Å². The fraction of sp³-hybridized carbons (Fsp3) is 0.818. The molecule has 0 aromatic heterocycles. The molecule has 1 saturated heterocycles. The summed E-state index contributed by atoms with van der Waals surface area (Å²) in [5, 5.41) is 20.5. The van der Waals surface area contributed by atoms with E-state index in [1.54, 1.807) is 0 Å². The molecule has 0 aromatic rings. The quantitative estimate of drug-likeness (QED) is 0.616. The van der Waals surface area contributed by atoms with Crippen LogP contribution in [0.25, 0.3) is 0 Å². The highest BCUT2D eigenvalue weighted by Crippen LogP contribution is 2.23. The lowest BCUT2D eigenvalue weighted by Crippen LogP contribution is -2.64. The van der Waals surface area contributed by atoms with Crippen LogP contribution < -0.4 is 5.32 Å². The van der Waals surface area contributed by atoms with Crippen molar-refractivity contribution in [1.82, 2.24) is 10.2 Å². The van der Waals surface area contributed by atoms with Crippen molar-refractivity contribution in [2.24, 2.45) is 0 Å². The van der Waals surface area contributed by atoms with Gasteiger partial charge in [-0.3, -0.25) is 9.69 Å². The summed E-state index contributed by atoms with van der Waals surface area (Å²) in [7, 11) is 0. The molecule has 0 bridgehead atoms. The molecule has 1 amide bonds. The largest absolute Gasteiger partial charge is 0.479 e. The molecule has 1 fully saturated rings. The van der Waals surface area contributed by atoms with Gasteiger partial charge in [0, 0.05) is 12.6 Å². The molecule has 1 aliphatic rings. The van der Waals surface area contributed by atoms with E-state index in [1.165, 1.54) is 0 Å². The Kier molecular flexibility index (Phi) is 4.47. The van der Waals surface area contributed by atoms with Crippen LogP contribution in [0.4, 0.5) is 0 Å². The average molecular weight is 244 g/mol. The van der Waals surface area contributed by atoms with Gasteiger partial charge in [0.05, 0.1) is 0 Å². The molecule has 0 spiro atoms. The number of hydrogen-bond acceptors (Lipinski definition) is 4. The SMILES string of the molecule is CC(C)N1CCCC(NC(=O)CO)(C(=O)O)C1. The molecule has 98 valence electrons. The Morgan fingerprint density at radius 1 is 1.47 bits per heavy atom. The lowest BCUT2D eigenvalue weighted by molar-refractivity contribution is -0.151. The van der Waals surface area contributed by atoms with E-state index in [4.69, 9.17) is 5.11 Å². The Morgan fingerprint density at radius 2 is 2.12 bits per heavy atom. The number of hydrogen-bond donors (Lipinski definition) is 3. The molecule has 6 heteroatoms. The zero-order valence-corrected chi connectivity index (χ0v) is 10.3. The van der Waals surface area contributed by atoms with Crippen LogP contribution in [0.1, 0.15) is 26.7 Å². The summed E-state index contributed by atoms with van der Waals surface area (Å²) >= 11 is 0. The average Bonchev–Trinajstić information content (AvgIpc) is 2.28. The van der Waals surface area contributed by atoms with E-state index in [1.807, 2.05) is 18.7 Å². The fourth-order valence-electron chi connectivity index (χ4n) is 2.17. The Labute approximate surface area is 101 Å². The number of likely N-dealkylation sites (tertiary alicyclic amines) is 1. The van der Waals surface area contributed by atoms with Crippen LogP contribution in [0, 0.1) is 0 Å². The summed E-state index contributed by atoms with van der Waals surface area (Å²) in [6, 6.07) is 0.236. The van der Waals surface area contributed by atoms with Gasteiger partial charge >= 0.3 is 5.97 Å². The maximum absolute atomic E-state index is 11.4. The first-order valence-corrected chi connectivity index (χ1v) is 5.80. The van der Waals surface area contributed by atoms with Gasteiger partial charge in [-0.2, -0.15) is 0 Å². The van der Waals surface area contributed by atoms with E-state index in [-0.39, 0.29) is 12.6 Å². The molecule has 0 radical (unpaired) electrons. The molecule has 3 N–H and O–H groups in total. The summed E-state index contributed by atoms with van der Waals surface area (Å²) in [5.74, 6) is -1.68. The van der Waals surface area contributed by atoms with Crippen LogP contribution in [0.3, 0.4) is 0 Å². The van der Waals surface area contributed by atoms with Gasteiger partial charge in [-0.25, -0.2) is 4.79 Å².